The fraction of sp³-hybridized carbons (Fsp3) is 0.308. The standard InChI is InChI=1S/C26H28N2O5S2.K/c1-17(2)28(35(31,32)26-27-18(3)16-34-26)23-13-21-5-4-6-22(21)14-24(23)33-15-20-9-7-19(8-10-20)11-12-25(29)30;/h7-14,16-17H,4-6,15H2,1-3H3,(H,29,30);. The third kappa shape index (κ3) is 6.66. The van der Waals surface area contributed by atoms with Gasteiger partial charge in [0.2, 0.25) is 4.34 Å². The first-order chi connectivity index (χ1) is 16.6. The number of ether oxygens (including phenoxy) is 1. The fourth-order valence-electron chi connectivity index (χ4n) is 4.15. The smallest absolute Gasteiger partial charge is 0.328 e. The Bertz CT molecular complexity index is 1370. The number of anilines is 1. The Kier molecular flexibility index (Phi) is 9.95. The van der Waals surface area contributed by atoms with E-state index in [2.05, 4.69) is 4.98 Å². The topological polar surface area (TPSA) is 96.8 Å². The number of aromatic nitrogens is 1. The molecule has 0 saturated carbocycles. The van der Waals surface area contributed by atoms with E-state index in [-0.39, 0.29) is 68.4 Å². The van der Waals surface area contributed by atoms with Gasteiger partial charge in [0.25, 0.3) is 10.0 Å². The first-order valence-electron chi connectivity index (χ1n) is 11.4. The molecule has 2 aromatic carbocycles. The predicted octanol–water partition coefficient (Wildman–Crippen LogP) is 4.84. The van der Waals surface area contributed by atoms with E-state index >= 15 is 0 Å². The maximum atomic E-state index is 13.6. The Morgan fingerprint density at radius 1 is 1.19 bits per heavy atom. The van der Waals surface area contributed by atoms with Crippen molar-refractivity contribution in [2.45, 2.75) is 57.0 Å². The molecule has 1 aliphatic carbocycles. The zero-order valence-electron chi connectivity index (χ0n) is 20.9. The van der Waals surface area contributed by atoms with E-state index in [1.807, 2.05) is 50.2 Å². The van der Waals surface area contributed by atoms with Crippen LogP contribution in [0.5, 0.6) is 5.75 Å². The number of benzene rings is 2. The molecule has 7 nitrogen and oxygen atoms in total. The molecule has 1 heterocycles. The van der Waals surface area contributed by atoms with E-state index < -0.39 is 16.0 Å². The van der Waals surface area contributed by atoms with Crippen molar-refractivity contribution < 1.29 is 23.1 Å². The summed E-state index contributed by atoms with van der Waals surface area (Å²) < 4.78 is 35.0. The molecular formula is C26H28KN2O5S2. The van der Waals surface area contributed by atoms with Gasteiger partial charge < -0.3 is 9.84 Å². The summed E-state index contributed by atoms with van der Waals surface area (Å²) in [6.07, 6.45) is 5.50. The second kappa shape index (κ2) is 12.3. The van der Waals surface area contributed by atoms with Crippen molar-refractivity contribution in [2.75, 3.05) is 4.31 Å². The quantitative estimate of drug-likeness (QED) is 0.302. The van der Waals surface area contributed by atoms with Crippen LogP contribution in [0.3, 0.4) is 0 Å². The van der Waals surface area contributed by atoms with E-state index in [0.717, 1.165) is 53.4 Å². The summed E-state index contributed by atoms with van der Waals surface area (Å²) in [7, 11) is -3.87. The summed E-state index contributed by atoms with van der Waals surface area (Å²) in [5, 5.41) is 10.5. The molecule has 0 saturated heterocycles. The summed E-state index contributed by atoms with van der Waals surface area (Å²) in [5.74, 6) is -0.481. The van der Waals surface area contributed by atoms with Crippen LogP contribution < -0.4 is 9.04 Å². The number of aryl methyl sites for hydroxylation is 3. The van der Waals surface area contributed by atoms with Crippen molar-refractivity contribution in [3.05, 3.63) is 75.8 Å². The molecule has 3 aromatic rings. The Labute approximate surface area is 258 Å². The van der Waals surface area contributed by atoms with E-state index in [4.69, 9.17) is 9.84 Å². The molecule has 0 atom stereocenters. The average Bonchev–Trinajstić information content (AvgIpc) is 3.45. The summed E-state index contributed by atoms with van der Waals surface area (Å²) in [4.78, 5) is 15.0. The minimum absolute atomic E-state index is 0. The van der Waals surface area contributed by atoms with Gasteiger partial charge in [0.05, 0.1) is 5.69 Å². The number of rotatable bonds is 9. The number of sulfonamides is 1. The average molecular weight is 552 g/mol. The minimum atomic E-state index is -3.87. The van der Waals surface area contributed by atoms with Gasteiger partial charge in [-0.25, -0.2) is 9.78 Å². The molecule has 36 heavy (non-hydrogen) atoms. The Hall–Kier alpha value is -1.53. The maximum Gasteiger partial charge on any atom is 0.328 e. The monoisotopic (exact) mass is 551 g/mol. The van der Waals surface area contributed by atoms with Crippen molar-refractivity contribution >= 4 is 90.5 Å². The normalized spacial score (nSPS) is 13.0. The fourth-order valence-corrected chi connectivity index (χ4v) is 6.93. The van der Waals surface area contributed by atoms with Crippen LogP contribution in [-0.4, -0.2) is 81.9 Å². The largest absolute Gasteiger partial charge is 0.487 e. The van der Waals surface area contributed by atoms with Gasteiger partial charge in [-0.05, 0) is 80.5 Å². The Balaban J connectivity index is 0.00000361. The van der Waals surface area contributed by atoms with Gasteiger partial charge in [-0.15, -0.1) is 11.3 Å². The van der Waals surface area contributed by atoms with Gasteiger partial charge >= 0.3 is 5.97 Å². The minimum Gasteiger partial charge on any atom is -0.487 e. The molecule has 1 radical (unpaired) electrons. The number of carboxylic acid groups (broad SMARTS) is 1. The predicted molar refractivity (Wildman–Crippen MR) is 143 cm³/mol. The Morgan fingerprint density at radius 3 is 2.44 bits per heavy atom. The molecule has 185 valence electrons. The van der Waals surface area contributed by atoms with Gasteiger partial charge in [0.1, 0.15) is 12.4 Å². The number of aliphatic carboxylic acids is 1. The van der Waals surface area contributed by atoms with E-state index in [0.29, 0.717) is 17.1 Å². The van der Waals surface area contributed by atoms with Crippen molar-refractivity contribution in [1.82, 2.24) is 4.98 Å². The zero-order chi connectivity index (χ0) is 25.2. The van der Waals surface area contributed by atoms with Gasteiger partial charge in [0.15, 0.2) is 0 Å². The second-order valence-corrected chi connectivity index (χ2v) is 11.6. The van der Waals surface area contributed by atoms with Crippen LogP contribution in [0.4, 0.5) is 5.69 Å². The molecule has 1 aromatic heterocycles. The first kappa shape index (κ1) is 29.0. The van der Waals surface area contributed by atoms with E-state index in [9.17, 15) is 13.2 Å². The summed E-state index contributed by atoms with van der Waals surface area (Å²) in [6, 6.07) is 10.9. The molecule has 1 aliphatic rings. The molecule has 0 aliphatic heterocycles. The number of hydrogen-bond donors (Lipinski definition) is 1. The molecule has 0 amide bonds. The SMILES string of the molecule is Cc1csc(S(=O)(=O)N(c2cc3c(cc2OCc2ccc(C=CC(=O)O)cc2)CCC3)C(C)C)n1.[K]. The molecule has 10 heteroatoms. The third-order valence-electron chi connectivity index (χ3n) is 5.75. The van der Waals surface area contributed by atoms with Crippen LogP contribution in [0.1, 0.15) is 48.2 Å². The molecular weight excluding hydrogens is 524 g/mol. The van der Waals surface area contributed by atoms with Crippen molar-refractivity contribution in [1.29, 1.82) is 0 Å². The van der Waals surface area contributed by atoms with Crippen LogP contribution in [0, 0.1) is 6.92 Å². The maximum absolute atomic E-state index is 13.6. The first-order valence-corrected chi connectivity index (χ1v) is 13.7. The number of fused-ring (bicyclic) bond motifs is 1. The van der Waals surface area contributed by atoms with Crippen molar-refractivity contribution in [3.8, 4) is 5.75 Å². The number of nitrogens with zero attached hydrogens (tertiary/aromatic N) is 2. The molecule has 1 N–H and O–H groups in total. The van der Waals surface area contributed by atoms with Crippen LogP contribution >= 0.6 is 11.3 Å². The van der Waals surface area contributed by atoms with Gasteiger partial charge in [-0.1, -0.05) is 24.3 Å². The number of hydrogen-bond acceptors (Lipinski definition) is 6. The van der Waals surface area contributed by atoms with Gasteiger partial charge in [-0.2, -0.15) is 8.42 Å². The van der Waals surface area contributed by atoms with Crippen LogP contribution in [0.2, 0.25) is 0 Å². The summed E-state index contributed by atoms with van der Waals surface area (Å²) in [5.41, 5.74) is 5.18. The third-order valence-corrected chi connectivity index (χ3v) is 9.09. The van der Waals surface area contributed by atoms with Crippen LogP contribution in [-0.2, 0) is 34.3 Å². The number of thiazole rings is 1. The molecule has 0 fully saturated rings. The second-order valence-electron chi connectivity index (χ2n) is 8.79. The number of carbonyl (C=O) groups is 1. The van der Waals surface area contributed by atoms with Crippen molar-refractivity contribution in [3.63, 3.8) is 0 Å². The van der Waals surface area contributed by atoms with Crippen LogP contribution in [0.15, 0.2) is 52.2 Å². The number of carboxylic acids is 1. The van der Waals surface area contributed by atoms with Gasteiger partial charge in [-0.3, -0.25) is 4.31 Å². The molecule has 0 bridgehead atoms. The summed E-state index contributed by atoms with van der Waals surface area (Å²) >= 11 is 1.12. The zero-order valence-corrected chi connectivity index (χ0v) is 25.6. The molecule has 0 spiro atoms. The van der Waals surface area contributed by atoms with Crippen LogP contribution in [0.25, 0.3) is 6.08 Å². The van der Waals surface area contributed by atoms with Crippen molar-refractivity contribution in [2.24, 2.45) is 0 Å². The van der Waals surface area contributed by atoms with Gasteiger partial charge in [0, 0.05) is 74.6 Å². The molecule has 0 unspecified atom stereocenters. The van der Waals surface area contributed by atoms with E-state index in [1.165, 1.54) is 15.9 Å². The Morgan fingerprint density at radius 2 is 1.86 bits per heavy atom. The summed E-state index contributed by atoms with van der Waals surface area (Å²) in [6.45, 7) is 5.72. The van der Waals surface area contributed by atoms with E-state index in [1.54, 1.807) is 12.3 Å². The molecule has 4 rings (SSSR count).